The van der Waals surface area contributed by atoms with Crippen molar-refractivity contribution in [2.75, 3.05) is 0 Å². The van der Waals surface area contributed by atoms with E-state index in [0.29, 0.717) is 0 Å². The molecule has 0 spiro atoms. The average Bonchev–Trinajstić information content (AvgIpc) is 3.68. The van der Waals surface area contributed by atoms with Gasteiger partial charge in [-0.05, 0) is 0 Å². The third-order valence-electron chi connectivity index (χ3n) is 8.48. The van der Waals surface area contributed by atoms with Crippen LogP contribution in [-0.4, -0.2) is 46.9 Å². The molecule has 190 valence electrons. The van der Waals surface area contributed by atoms with E-state index in [1.54, 1.807) is 0 Å². The third-order valence-corrected chi connectivity index (χ3v) is 24.5. The van der Waals surface area contributed by atoms with Gasteiger partial charge in [0.15, 0.2) is 0 Å². The molecule has 3 heterocycles. The summed E-state index contributed by atoms with van der Waals surface area (Å²) < 4.78 is 17.4. The molecule has 0 aromatic heterocycles. The summed E-state index contributed by atoms with van der Waals surface area (Å²) in [5, 5.41) is 1.16. The van der Waals surface area contributed by atoms with Gasteiger partial charge in [0.2, 0.25) is 0 Å². The molecule has 38 heavy (non-hydrogen) atoms. The number of amides is 2. The summed E-state index contributed by atoms with van der Waals surface area (Å²) >= 11 is -5.39. The van der Waals surface area contributed by atoms with Crippen molar-refractivity contribution in [3.8, 4) is 0 Å². The third kappa shape index (κ3) is 3.07. The average molecular weight is 612 g/mol. The van der Waals surface area contributed by atoms with Gasteiger partial charge >= 0.3 is 224 Å². The fourth-order valence-corrected chi connectivity index (χ4v) is 22.9. The van der Waals surface area contributed by atoms with Crippen LogP contribution in [0.1, 0.15) is 12.8 Å². The molecule has 0 N–H and O–H groups in total. The molecule has 2 unspecified atom stereocenters. The summed E-state index contributed by atoms with van der Waals surface area (Å²) in [6.07, 6.45) is 1.19. The summed E-state index contributed by atoms with van der Waals surface area (Å²) in [6, 6.07) is 40.7. The molecule has 6 heteroatoms. The van der Waals surface area contributed by atoms with Gasteiger partial charge in [-0.15, -0.1) is 0 Å². The Kier molecular flexibility index (Phi) is 5.59. The molecule has 3 aliphatic heterocycles. The van der Waals surface area contributed by atoms with E-state index in [1.165, 1.54) is 0 Å². The molecule has 4 aromatic carbocycles. The van der Waals surface area contributed by atoms with Crippen molar-refractivity contribution in [2.24, 2.45) is 11.8 Å². The van der Waals surface area contributed by atoms with Gasteiger partial charge in [0.05, 0.1) is 0 Å². The number of ether oxygens (including phenoxy) is 1. The minimum atomic E-state index is -5.39. The number of hydrogen-bond acceptors (Lipinski definition) is 4. The molecular formula is C32H28NO4Sb. The number of carbonyl (C=O) groups is 2. The Balaban J connectivity index is 1.58. The van der Waals surface area contributed by atoms with Crippen LogP contribution in [0.25, 0.3) is 0 Å². The number of rotatable bonds is 6. The first-order chi connectivity index (χ1) is 18.6. The van der Waals surface area contributed by atoms with E-state index >= 15 is 0 Å². The van der Waals surface area contributed by atoms with Crippen molar-refractivity contribution in [1.29, 1.82) is 0 Å². The van der Waals surface area contributed by atoms with Crippen molar-refractivity contribution in [2.45, 2.75) is 25.0 Å². The molecule has 7 rings (SSSR count). The fraction of sp³-hybridized carbons (Fsp3) is 0.188. The first-order valence-electron chi connectivity index (χ1n) is 13.1. The number of nitrogens with zero attached hydrogens (tertiary/aromatic N) is 1. The van der Waals surface area contributed by atoms with E-state index in [9.17, 15) is 9.59 Å². The summed E-state index contributed by atoms with van der Waals surface area (Å²) in [4.78, 5) is 28.1. The van der Waals surface area contributed by atoms with Crippen LogP contribution < -0.4 is 14.0 Å². The summed E-state index contributed by atoms with van der Waals surface area (Å²) in [5.74, 6) is -1.49. The Morgan fingerprint density at radius 1 is 0.553 bits per heavy atom. The fourth-order valence-electron chi connectivity index (χ4n) is 6.86. The standard InChI is InChI=1S/C8H8NO4.4C6H5.Sb/c10-7-5-3-1-2-4(13-3)6(5)8(11)9(7)12;4*1-2-4-6-5-3-1;/h3-6H,1-2H2;4*1-5H;/q-1;;;;;+1/t3-,4+,5?,6?;;;;;. The van der Waals surface area contributed by atoms with E-state index in [-0.39, 0.29) is 24.0 Å². The van der Waals surface area contributed by atoms with Gasteiger partial charge < -0.3 is 0 Å². The monoisotopic (exact) mass is 611 g/mol. The van der Waals surface area contributed by atoms with Crippen LogP contribution in [0.3, 0.4) is 0 Å². The normalized spacial score (nSPS) is 25.3. The molecular weight excluding hydrogens is 584 g/mol. The maximum absolute atomic E-state index is 14.1. The SMILES string of the molecule is O=C1C2C(C(=O)N1[O][Sb]([c]1ccccc1)([c]1ccccc1)([c]1ccccc1)[c]1ccccc1)[C@H]1CC[C@@H]2O1. The number of carbonyl (C=O) groups excluding carboxylic acids is 2. The van der Waals surface area contributed by atoms with Gasteiger partial charge in [-0.1, -0.05) is 0 Å². The van der Waals surface area contributed by atoms with Gasteiger partial charge in [0.1, 0.15) is 0 Å². The van der Waals surface area contributed by atoms with Gasteiger partial charge in [-0.2, -0.15) is 0 Å². The second-order valence-electron chi connectivity index (χ2n) is 10.3. The minimum absolute atomic E-state index is 0.212. The maximum atomic E-state index is 14.1. The Labute approximate surface area is 223 Å². The van der Waals surface area contributed by atoms with E-state index in [0.717, 1.165) is 31.9 Å². The van der Waals surface area contributed by atoms with Gasteiger partial charge in [0, 0.05) is 0 Å². The molecule has 5 nitrogen and oxygen atoms in total. The van der Waals surface area contributed by atoms with Crippen LogP contribution >= 0.6 is 0 Å². The zero-order valence-electron chi connectivity index (χ0n) is 20.8. The van der Waals surface area contributed by atoms with Crippen LogP contribution in [0.4, 0.5) is 0 Å². The molecule has 3 fully saturated rings. The van der Waals surface area contributed by atoms with Gasteiger partial charge in [0.25, 0.3) is 0 Å². The Morgan fingerprint density at radius 2 is 0.868 bits per heavy atom. The molecule has 3 saturated heterocycles. The number of fused-ring (bicyclic) bond motifs is 5. The Morgan fingerprint density at radius 3 is 1.18 bits per heavy atom. The van der Waals surface area contributed by atoms with Crippen LogP contribution in [0.2, 0.25) is 0 Å². The molecule has 3 aliphatic rings. The number of hydrogen-bond donors (Lipinski definition) is 0. The zero-order chi connectivity index (χ0) is 25.8. The number of benzene rings is 4. The summed E-state index contributed by atoms with van der Waals surface area (Å²) in [5.41, 5.74) is 0. The first-order valence-corrected chi connectivity index (χ1v) is 19.3. The zero-order valence-corrected chi connectivity index (χ0v) is 23.4. The first kappa shape index (κ1) is 23.8. The van der Waals surface area contributed by atoms with E-state index in [1.807, 2.05) is 72.8 Å². The van der Waals surface area contributed by atoms with Crippen LogP contribution in [0.5, 0.6) is 0 Å². The van der Waals surface area contributed by atoms with Crippen molar-refractivity contribution >= 4 is 43.7 Å². The molecule has 0 aliphatic carbocycles. The summed E-state index contributed by atoms with van der Waals surface area (Å²) in [7, 11) is 0. The van der Waals surface area contributed by atoms with Crippen molar-refractivity contribution in [3.05, 3.63) is 121 Å². The Bertz CT molecular complexity index is 1300. The molecule has 0 saturated carbocycles. The number of hydroxylamine groups is 2. The predicted octanol–water partition coefficient (Wildman–Crippen LogP) is 2.61. The van der Waals surface area contributed by atoms with Crippen LogP contribution in [-0.2, 0) is 17.4 Å². The molecule has 2 bridgehead atoms. The Hall–Kier alpha value is -3.24. The molecule has 0 radical (unpaired) electrons. The van der Waals surface area contributed by atoms with E-state index < -0.39 is 29.7 Å². The number of imide groups is 1. The topological polar surface area (TPSA) is 55.8 Å². The molecule has 4 aromatic rings. The van der Waals surface area contributed by atoms with Crippen LogP contribution in [0.15, 0.2) is 121 Å². The molecule has 4 atom stereocenters. The second kappa shape index (κ2) is 8.91. The van der Waals surface area contributed by atoms with Crippen molar-refractivity contribution < 1.29 is 17.4 Å². The summed E-state index contributed by atoms with van der Waals surface area (Å²) in [6.45, 7) is 0. The second-order valence-corrected chi connectivity index (χ2v) is 22.5. The van der Waals surface area contributed by atoms with Crippen LogP contribution in [0, 0.1) is 11.8 Å². The van der Waals surface area contributed by atoms with Crippen molar-refractivity contribution in [3.63, 3.8) is 0 Å². The van der Waals surface area contributed by atoms with Crippen molar-refractivity contribution in [1.82, 2.24) is 5.06 Å². The van der Waals surface area contributed by atoms with E-state index in [2.05, 4.69) is 48.5 Å². The predicted molar refractivity (Wildman–Crippen MR) is 148 cm³/mol. The molecule has 2 amide bonds. The van der Waals surface area contributed by atoms with E-state index in [4.69, 9.17) is 7.85 Å². The van der Waals surface area contributed by atoms with Gasteiger partial charge in [-0.3, -0.25) is 0 Å². The quantitative estimate of drug-likeness (QED) is 0.249. The van der Waals surface area contributed by atoms with Gasteiger partial charge in [-0.25, -0.2) is 0 Å².